The van der Waals surface area contributed by atoms with Crippen molar-refractivity contribution in [2.45, 2.75) is 0 Å². The molecule has 0 unspecified atom stereocenters. The molecule has 0 radical (unpaired) electrons. The summed E-state index contributed by atoms with van der Waals surface area (Å²) in [5.74, 6) is 1.59. The van der Waals surface area contributed by atoms with Crippen molar-refractivity contribution >= 4 is 17.9 Å². The number of hydrogen-bond acceptors (Lipinski definition) is 5. The average Bonchev–Trinajstić information content (AvgIpc) is 2.46. The number of amides is 1. The van der Waals surface area contributed by atoms with Gasteiger partial charge in [-0.05, 0) is 0 Å². The Kier molecular flexibility index (Phi) is 3.86. The smallest absolute Gasteiger partial charge is 0.209 e. The quantitative estimate of drug-likeness (QED) is 0.784. The van der Waals surface area contributed by atoms with Gasteiger partial charge in [0.05, 0.1) is 19.0 Å². The third kappa shape index (κ3) is 2.47. The van der Waals surface area contributed by atoms with Crippen LogP contribution >= 0.6 is 0 Å². The minimum absolute atomic E-state index is 0.724. The lowest BCUT2D eigenvalue weighted by molar-refractivity contribution is -0.118. The molecule has 1 aliphatic heterocycles. The zero-order valence-corrected chi connectivity index (χ0v) is 10.7. The van der Waals surface area contributed by atoms with E-state index in [4.69, 9.17) is 4.74 Å². The zero-order valence-electron chi connectivity index (χ0n) is 10.7. The number of methoxy groups -OCH3 is 1. The molecule has 2 rings (SSSR count). The van der Waals surface area contributed by atoms with Crippen LogP contribution in [-0.4, -0.2) is 56.6 Å². The van der Waals surface area contributed by atoms with Crippen molar-refractivity contribution < 1.29 is 9.53 Å². The van der Waals surface area contributed by atoms with Gasteiger partial charge in [0.1, 0.15) is 0 Å². The summed E-state index contributed by atoms with van der Waals surface area (Å²) in [4.78, 5) is 19.0. The minimum Gasteiger partial charge on any atom is -0.493 e. The number of ether oxygens (including phenoxy) is 1. The van der Waals surface area contributed by atoms with Crippen molar-refractivity contribution in [1.82, 2.24) is 9.88 Å². The number of carbonyl (C=O) groups is 1. The van der Waals surface area contributed by atoms with Gasteiger partial charge in [0.25, 0.3) is 0 Å². The number of pyridine rings is 1. The summed E-state index contributed by atoms with van der Waals surface area (Å²) >= 11 is 0. The van der Waals surface area contributed by atoms with E-state index in [9.17, 15) is 4.79 Å². The molecule has 1 aromatic rings. The Balaban J connectivity index is 2.15. The van der Waals surface area contributed by atoms with Gasteiger partial charge < -0.3 is 19.9 Å². The monoisotopic (exact) mass is 250 g/mol. The number of anilines is 2. The molecule has 0 aromatic carbocycles. The SMILES string of the molecule is CNc1cnc(N2CCN(C=O)CC2)c(OC)c1. The first kappa shape index (κ1) is 12.5. The highest BCUT2D eigenvalue weighted by molar-refractivity contribution is 5.60. The molecule has 0 atom stereocenters. The fraction of sp³-hybridized carbons (Fsp3) is 0.500. The summed E-state index contributed by atoms with van der Waals surface area (Å²) in [6.07, 6.45) is 2.68. The molecule has 1 amide bonds. The molecule has 1 aromatic heterocycles. The molecule has 98 valence electrons. The summed E-state index contributed by atoms with van der Waals surface area (Å²) in [7, 11) is 3.49. The zero-order chi connectivity index (χ0) is 13.0. The second-order valence-corrected chi connectivity index (χ2v) is 4.13. The Hall–Kier alpha value is -1.98. The number of aromatic nitrogens is 1. The lowest BCUT2D eigenvalue weighted by Gasteiger charge is -2.33. The molecular weight excluding hydrogens is 232 g/mol. The number of rotatable bonds is 4. The summed E-state index contributed by atoms with van der Waals surface area (Å²) in [6.45, 7) is 3.01. The maximum atomic E-state index is 10.7. The van der Waals surface area contributed by atoms with Crippen molar-refractivity contribution in [3.05, 3.63) is 12.3 Å². The Morgan fingerprint density at radius 2 is 2.11 bits per heavy atom. The van der Waals surface area contributed by atoms with Crippen LogP contribution in [0.4, 0.5) is 11.5 Å². The summed E-state index contributed by atoms with van der Waals surface area (Å²) in [5, 5.41) is 3.03. The number of piperazine rings is 1. The van der Waals surface area contributed by atoms with E-state index in [1.54, 1.807) is 18.2 Å². The molecule has 6 nitrogen and oxygen atoms in total. The van der Waals surface area contributed by atoms with Crippen LogP contribution in [0.3, 0.4) is 0 Å². The molecule has 1 fully saturated rings. The maximum Gasteiger partial charge on any atom is 0.209 e. The van der Waals surface area contributed by atoms with Gasteiger partial charge in [-0.1, -0.05) is 0 Å². The minimum atomic E-state index is 0.724. The van der Waals surface area contributed by atoms with E-state index < -0.39 is 0 Å². The topological polar surface area (TPSA) is 57.7 Å². The van der Waals surface area contributed by atoms with Gasteiger partial charge in [-0.15, -0.1) is 0 Å². The molecule has 0 bridgehead atoms. The highest BCUT2D eigenvalue weighted by Crippen LogP contribution is 2.28. The predicted molar refractivity (Wildman–Crippen MR) is 70.2 cm³/mol. The molecule has 0 aliphatic carbocycles. The van der Waals surface area contributed by atoms with Crippen LogP contribution in [0.5, 0.6) is 5.75 Å². The summed E-state index contributed by atoms with van der Waals surface area (Å²) < 4.78 is 5.37. The first-order chi connectivity index (χ1) is 8.78. The Bertz CT molecular complexity index is 417. The highest BCUT2D eigenvalue weighted by atomic mass is 16.5. The summed E-state index contributed by atoms with van der Waals surface area (Å²) in [6, 6.07) is 1.93. The molecular formula is C12H18N4O2. The van der Waals surface area contributed by atoms with Crippen LogP contribution in [0.15, 0.2) is 12.3 Å². The highest BCUT2D eigenvalue weighted by Gasteiger charge is 2.19. The van der Waals surface area contributed by atoms with Crippen LogP contribution in [0.25, 0.3) is 0 Å². The van der Waals surface area contributed by atoms with Gasteiger partial charge in [-0.25, -0.2) is 4.98 Å². The van der Waals surface area contributed by atoms with Crippen molar-refractivity contribution in [3.63, 3.8) is 0 Å². The van der Waals surface area contributed by atoms with Crippen molar-refractivity contribution in [2.75, 3.05) is 50.6 Å². The number of nitrogens with zero attached hydrogens (tertiary/aromatic N) is 3. The van der Waals surface area contributed by atoms with Crippen LogP contribution in [-0.2, 0) is 4.79 Å². The third-order valence-corrected chi connectivity index (χ3v) is 3.10. The van der Waals surface area contributed by atoms with Crippen LogP contribution in [0, 0.1) is 0 Å². The lowest BCUT2D eigenvalue weighted by atomic mass is 10.3. The molecule has 6 heteroatoms. The van der Waals surface area contributed by atoms with Gasteiger partial charge in [0.2, 0.25) is 6.41 Å². The van der Waals surface area contributed by atoms with E-state index >= 15 is 0 Å². The molecule has 1 N–H and O–H groups in total. The van der Waals surface area contributed by atoms with Crippen LogP contribution in [0.2, 0.25) is 0 Å². The van der Waals surface area contributed by atoms with Crippen LogP contribution in [0.1, 0.15) is 0 Å². The van der Waals surface area contributed by atoms with E-state index in [1.165, 1.54) is 0 Å². The average molecular weight is 250 g/mol. The van der Waals surface area contributed by atoms with Crippen molar-refractivity contribution in [1.29, 1.82) is 0 Å². The third-order valence-electron chi connectivity index (χ3n) is 3.10. The fourth-order valence-electron chi connectivity index (χ4n) is 2.00. The van der Waals surface area contributed by atoms with Gasteiger partial charge in [-0.2, -0.15) is 0 Å². The summed E-state index contributed by atoms with van der Waals surface area (Å²) in [5.41, 5.74) is 0.919. The van der Waals surface area contributed by atoms with E-state index in [1.807, 2.05) is 13.1 Å². The standard InChI is InChI=1S/C12H18N4O2/c1-13-10-7-11(18-2)12(14-8-10)16-5-3-15(9-17)4-6-16/h7-9,13H,3-6H2,1-2H3. The molecule has 1 aliphatic rings. The predicted octanol–water partition coefficient (Wildman–Crippen LogP) is 0.410. The molecule has 18 heavy (non-hydrogen) atoms. The van der Waals surface area contributed by atoms with E-state index in [2.05, 4.69) is 15.2 Å². The second kappa shape index (κ2) is 5.57. The Labute approximate surface area is 107 Å². The Morgan fingerprint density at radius 3 is 2.67 bits per heavy atom. The van der Waals surface area contributed by atoms with Crippen molar-refractivity contribution in [2.24, 2.45) is 0 Å². The number of carbonyl (C=O) groups excluding carboxylic acids is 1. The second-order valence-electron chi connectivity index (χ2n) is 4.13. The maximum absolute atomic E-state index is 10.7. The number of hydrogen-bond donors (Lipinski definition) is 1. The van der Waals surface area contributed by atoms with Gasteiger partial charge >= 0.3 is 0 Å². The van der Waals surface area contributed by atoms with Crippen LogP contribution < -0.4 is 15.0 Å². The van der Waals surface area contributed by atoms with E-state index in [0.717, 1.165) is 49.8 Å². The Morgan fingerprint density at radius 1 is 1.39 bits per heavy atom. The van der Waals surface area contributed by atoms with Gasteiger partial charge in [0, 0.05) is 39.3 Å². The molecule has 0 spiro atoms. The van der Waals surface area contributed by atoms with Gasteiger partial charge in [-0.3, -0.25) is 4.79 Å². The lowest BCUT2D eigenvalue weighted by Crippen LogP contribution is -2.46. The van der Waals surface area contributed by atoms with E-state index in [0.29, 0.717) is 0 Å². The van der Waals surface area contributed by atoms with E-state index in [-0.39, 0.29) is 0 Å². The van der Waals surface area contributed by atoms with Crippen molar-refractivity contribution in [3.8, 4) is 5.75 Å². The number of nitrogens with one attached hydrogen (secondary N) is 1. The first-order valence-electron chi connectivity index (χ1n) is 5.94. The largest absolute Gasteiger partial charge is 0.493 e. The normalized spacial score (nSPS) is 15.4. The molecule has 2 heterocycles. The van der Waals surface area contributed by atoms with Gasteiger partial charge in [0.15, 0.2) is 11.6 Å². The molecule has 1 saturated heterocycles. The first-order valence-corrected chi connectivity index (χ1v) is 5.94. The molecule has 0 saturated carbocycles. The fourth-order valence-corrected chi connectivity index (χ4v) is 2.00.